The van der Waals surface area contributed by atoms with E-state index in [1.165, 1.54) is 17.3 Å². The van der Waals surface area contributed by atoms with Crippen molar-refractivity contribution in [1.29, 1.82) is 0 Å². The lowest BCUT2D eigenvalue weighted by Gasteiger charge is -2.07. The lowest BCUT2D eigenvalue weighted by atomic mass is 10.2. The average Bonchev–Trinajstić information content (AvgIpc) is 2.86. The molecule has 1 heterocycles. The van der Waals surface area contributed by atoms with Crippen molar-refractivity contribution >= 4 is 28.6 Å². The molecule has 3 nitrogen and oxygen atoms in total. The van der Waals surface area contributed by atoms with E-state index in [4.69, 9.17) is 0 Å². The van der Waals surface area contributed by atoms with Gasteiger partial charge in [0.05, 0.1) is 4.90 Å². The molecule has 2 N–H and O–H groups in total. The number of carboxylic acid groups (broad SMARTS) is 1. The maximum atomic E-state index is 11.6. The first-order valence-electron chi connectivity index (χ1n) is 7.21. The Kier molecular flexibility index (Phi) is 3.94. The Bertz CT molecular complexity index is 851. The van der Waals surface area contributed by atoms with Crippen molar-refractivity contribution in [2.45, 2.75) is 30.1 Å². The summed E-state index contributed by atoms with van der Waals surface area (Å²) >= 11 is 1.53. The molecule has 0 fully saturated rings. The number of rotatable bonds is 4. The van der Waals surface area contributed by atoms with Crippen LogP contribution in [0.3, 0.4) is 0 Å². The van der Waals surface area contributed by atoms with Crippen molar-refractivity contribution in [3.63, 3.8) is 0 Å². The van der Waals surface area contributed by atoms with Crippen LogP contribution in [-0.2, 0) is 6.42 Å². The Labute approximate surface area is 133 Å². The van der Waals surface area contributed by atoms with Gasteiger partial charge in [0.25, 0.3) is 0 Å². The molecule has 4 heteroatoms. The zero-order chi connectivity index (χ0) is 15.7. The van der Waals surface area contributed by atoms with Gasteiger partial charge in [-0.1, -0.05) is 48.5 Å². The summed E-state index contributed by atoms with van der Waals surface area (Å²) in [6.45, 7) is 4.12. The molecule has 0 bridgehead atoms. The number of H-pyrrole nitrogens is 1. The number of aromatic carboxylic acids is 1. The molecular formula is C18H17NO2S. The second-order valence-corrected chi connectivity index (χ2v) is 6.30. The van der Waals surface area contributed by atoms with Gasteiger partial charge in [-0.15, -0.1) is 0 Å². The fourth-order valence-corrected chi connectivity index (χ4v) is 3.77. The van der Waals surface area contributed by atoms with E-state index in [9.17, 15) is 9.90 Å². The number of fused-ring (bicyclic) bond motifs is 1. The average molecular weight is 311 g/mol. The van der Waals surface area contributed by atoms with E-state index in [0.717, 1.165) is 32.7 Å². The third-order valence-corrected chi connectivity index (χ3v) is 4.93. The number of carbonyl (C=O) groups is 1. The number of carboxylic acids is 1. The summed E-state index contributed by atoms with van der Waals surface area (Å²) in [6, 6.07) is 14.1. The van der Waals surface area contributed by atoms with Crippen LogP contribution in [0.5, 0.6) is 0 Å². The molecule has 0 unspecified atom stereocenters. The fourth-order valence-electron chi connectivity index (χ4n) is 2.54. The summed E-state index contributed by atoms with van der Waals surface area (Å²) in [6.07, 6.45) is 0.924. The van der Waals surface area contributed by atoms with Crippen LogP contribution < -0.4 is 0 Å². The standard InChI is InChI=1S/C18H17NO2S/c1-3-12-6-4-5-7-15(12)22-17-13-10-11(2)8-9-14(13)19-16(17)18(20)21/h4-10,19H,3H2,1-2H3,(H,20,21). The van der Waals surface area contributed by atoms with E-state index in [2.05, 4.69) is 18.0 Å². The van der Waals surface area contributed by atoms with Gasteiger partial charge in [-0.3, -0.25) is 0 Å². The molecule has 0 aliphatic carbocycles. The molecule has 0 aliphatic rings. The van der Waals surface area contributed by atoms with Gasteiger partial charge < -0.3 is 10.1 Å². The molecular weight excluding hydrogens is 294 g/mol. The first kappa shape index (κ1) is 14.7. The lowest BCUT2D eigenvalue weighted by Crippen LogP contribution is -1.98. The van der Waals surface area contributed by atoms with Crippen LogP contribution in [0.2, 0.25) is 0 Å². The molecule has 0 aliphatic heterocycles. The molecule has 0 spiro atoms. The minimum Gasteiger partial charge on any atom is -0.477 e. The van der Waals surface area contributed by atoms with E-state index >= 15 is 0 Å². The van der Waals surface area contributed by atoms with Gasteiger partial charge in [0.1, 0.15) is 5.69 Å². The molecule has 2 aromatic carbocycles. The third-order valence-electron chi connectivity index (χ3n) is 3.69. The summed E-state index contributed by atoms with van der Waals surface area (Å²) in [4.78, 5) is 16.5. The number of aryl methyl sites for hydroxylation is 2. The van der Waals surface area contributed by atoms with E-state index < -0.39 is 5.97 Å². The highest BCUT2D eigenvalue weighted by Crippen LogP contribution is 2.38. The summed E-state index contributed by atoms with van der Waals surface area (Å²) in [5, 5.41) is 10.5. The van der Waals surface area contributed by atoms with E-state index in [1.807, 2.05) is 43.3 Å². The molecule has 112 valence electrons. The lowest BCUT2D eigenvalue weighted by molar-refractivity contribution is 0.0688. The van der Waals surface area contributed by atoms with Gasteiger partial charge in [-0.2, -0.15) is 0 Å². The first-order valence-corrected chi connectivity index (χ1v) is 8.03. The summed E-state index contributed by atoms with van der Waals surface area (Å²) in [7, 11) is 0. The Balaban J connectivity index is 2.18. The van der Waals surface area contributed by atoms with Crippen LogP contribution in [0, 0.1) is 6.92 Å². The maximum Gasteiger partial charge on any atom is 0.353 e. The topological polar surface area (TPSA) is 53.1 Å². The number of hydrogen-bond acceptors (Lipinski definition) is 2. The van der Waals surface area contributed by atoms with Gasteiger partial charge in [-0.25, -0.2) is 4.79 Å². The number of nitrogens with one attached hydrogen (secondary N) is 1. The highest BCUT2D eigenvalue weighted by molar-refractivity contribution is 7.99. The van der Waals surface area contributed by atoms with Crippen LogP contribution in [0.15, 0.2) is 52.3 Å². The molecule has 0 saturated heterocycles. The molecule has 0 saturated carbocycles. The molecule has 22 heavy (non-hydrogen) atoms. The van der Waals surface area contributed by atoms with E-state index in [-0.39, 0.29) is 5.69 Å². The molecule has 0 radical (unpaired) electrons. The SMILES string of the molecule is CCc1ccccc1Sc1c(C(=O)O)[nH]c2ccc(C)cc12. The molecule has 1 aromatic heterocycles. The van der Waals surface area contributed by atoms with Crippen molar-refractivity contribution in [3.05, 3.63) is 59.3 Å². The number of benzene rings is 2. The largest absolute Gasteiger partial charge is 0.477 e. The van der Waals surface area contributed by atoms with Crippen LogP contribution in [0.1, 0.15) is 28.5 Å². The fraction of sp³-hybridized carbons (Fsp3) is 0.167. The maximum absolute atomic E-state index is 11.6. The van der Waals surface area contributed by atoms with Crippen LogP contribution in [0.4, 0.5) is 0 Å². The minimum absolute atomic E-state index is 0.261. The summed E-state index contributed by atoms with van der Waals surface area (Å²) in [5.74, 6) is -0.926. The zero-order valence-corrected chi connectivity index (χ0v) is 13.3. The summed E-state index contributed by atoms with van der Waals surface area (Å²) in [5.41, 5.74) is 3.47. The Morgan fingerprint density at radius 1 is 1.23 bits per heavy atom. The van der Waals surface area contributed by atoms with Gasteiger partial charge in [0, 0.05) is 15.8 Å². The predicted molar refractivity (Wildman–Crippen MR) is 89.9 cm³/mol. The van der Waals surface area contributed by atoms with E-state index in [0.29, 0.717) is 0 Å². The van der Waals surface area contributed by atoms with Gasteiger partial charge in [0.2, 0.25) is 0 Å². The van der Waals surface area contributed by atoms with Gasteiger partial charge in [-0.05, 0) is 37.1 Å². The quantitative estimate of drug-likeness (QED) is 0.721. The van der Waals surface area contributed by atoms with Crippen molar-refractivity contribution in [2.24, 2.45) is 0 Å². The van der Waals surface area contributed by atoms with E-state index in [1.54, 1.807) is 0 Å². The second-order valence-electron chi connectivity index (χ2n) is 5.25. The second kappa shape index (κ2) is 5.89. The highest BCUT2D eigenvalue weighted by atomic mass is 32.2. The molecule has 3 aromatic rings. The Hall–Kier alpha value is -2.20. The number of aromatic nitrogens is 1. The van der Waals surface area contributed by atoms with Crippen molar-refractivity contribution < 1.29 is 9.90 Å². The van der Waals surface area contributed by atoms with Gasteiger partial charge >= 0.3 is 5.97 Å². The molecule has 3 rings (SSSR count). The normalized spacial score (nSPS) is 11.0. The monoisotopic (exact) mass is 311 g/mol. The number of aromatic amines is 1. The van der Waals surface area contributed by atoms with Crippen molar-refractivity contribution in [2.75, 3.05) is 0 Å². The third kappa shape index (κ3) is 2.62. The predicted octanol–water partition coefficient (Wildman–Crippen LogP) is 4.89. The van der Waals surface area contributed by atoms with Crippen LogP contribution in [-0.4, -0.2) is 16.1 Å². The van der Waals surface area contributed by atoms with Crippen LogP contribution >= 0.6 is 11.8 Å². The zero-order valence-electron chi connectivity index (χ0n) is 12.5. The number of hydrogen-bond donors (Lipinski definition) is 2. The highest BCUT2D eigenvalue weighted by Gasteiger charge is 2.19. The van der Waals surface area contributed by atoms with Crippen molar-refractivity contribution in [3.8, 4) is 0 Å². The Morgan fingerprint density at radius 2 is 2.00 bits per heavy atom. The minimum atomic E-state index is -0.926. The smallest absolute Gasteiger partial charge is 0.353 e. The summed E-state index contributed by atoms with van der Waals surface area (Å²) < 4.78 is 0. The van der Waals surface area contributed by atoms with Crippen LogP contribution in [0.25, 0.3) is 10.9 Å². The first-order chi connectivity index (χ1) is 10.6. The van der Waals surface area contributed by atoms with Crippen molar-refractivity contribution in [1.82, 2.24) is 4.98 Å². The Morgan fingerprint density at radius 3 is 2.73 bits per heavy atom. The molecule has 0 atom stereocenters. The molecule has 0 amide bonds. The van der Waals surface area contributed by atoms with Gasteiger partial charge in [0.15, 0.2) is 0 Å².